The minimum atomic E-state index is 0.122. The number of phenols is 1. The number of benzene rings is 2. The third-order valence-electron chi connectivity index (χ3n) is 6.59. The van der Waals surface area contributed by atoms with Crippen LogP contribution in [0.3, 0.4) is 0 Å². The molecule has 2 aromatic carbocycles. The lowest BCUT2D eigenvalue weighted by molar-refractivity contribution is 0.353. The van der Waals surface area contributed by atoms with E-state index in [0.717, 1.165) is 54.6 Å². The number of anilines is 3. The van der Waals surface area contributed by atoms with Crippen LogP contribution in [-0.2, 0) is 0 Å². The van der Waals surface area contributed by atoms with Crippen molar-refractivity contribution in [1.29, 1.82) is 0 Å². The van der Waals surface area contributed by atoms with Crippen LogP contribution in [0.4, 0.5) is 17.3 Å². The molecule has 0 atom stereocenters. The van der Waals surface area contributed by atoms with Crippen LogP contribution in [0.1, 0.15) is 51.0 Å². The van der Waals surface area contributed by atoms with E-state index in [9.17, 15) is 5.11 Å². The van der Waals surface area contributed by atoms with Crippen molar-refractivity contribution in [2.75, 3.05) is 29.9 Å². The molecule has 162 valence electrons. The van der Waals surface area contributed by atoms with E-state index in [-0.39, 0.29) is 5.54 Å². The SMILES string of the molecule is CC1(C)CN(c2ccc(Nc3ncc4ccc(O)c(C5CCCC5)c4n3)cc2)CCN1. The number of piperazine rings is 1. The van der Waals surface area contributed by atoms with E-state index >= 15 is 0 Å². The molecule has 1 saturated heterocycles. The quantitative estimate of drug-likeness (QED) is 0.559. The van der Waals surface area contributed by atoms with Crippen LogP contribution in [0.2, 0.25) is 0 Å². The minimum Gasteiger partial charge on any atom is -0.508 e. The lowest BCUT2D eigenvalue weighted by Crippen LogP contribution is -2.57. The molecule has 5 rings (SSSR count). The molecular weight excluding hydrogens is 386 g/mol. The minimum absolute atomic E-state index is 0.122. The second kappa shape index (κ2) is 8.00. The van der Waals surface area contributed by atoms with E-state index in [1.54, 1.807) is 6.07 Å². The van der Waals surface area contributed by atoms with E-state index in [0.29, 0.717) is 17.6 Å². The van der Waals surface area contributed by atoms with Gasteiger partial charge in [0.05, 0.1) is 5.52 Å². The highest BCUT2D eigenvalue weighted by Gasteiger charge is 2.26. The highest BCUT2D eigenvalue weighted by molar-refractivity contribution is 5.85. The molecule has 1 aromatic heterocycles. The van der Waals surface area contributed by atoms with Gasteiger partial charge in [0.1, 0.15) is 5.75 Å². The van der Waals surface area contributed by atoms with Crippen molar-refractivity contribution in [3.63, 3.8) is 0 Å². The van der Waals surface area contributed by atoms with Crippen LogP contribution in [0.15, 0.2) is 42.6 Å². The predicted octanol–water partition coefficient (Wildman–Crippen LogP) is 4.92. The summed E-state index contributed by atoms with van der Waals surface area (Å²) in [6.07, 6.45) is 6.51. The van der Waals surface area contributed by atoms with Gasteiger partial charge in [-0.05, 0) is 69.0 Å². The van der Waals surface area contributed by atoms with Crippen molar-refractivity contribution in [1.82, 2.24) is 15.3 Å². The number of aromatic hydroxyl groups is 1. The molecule has 1 aliphatic carbocycles. The lowest BCUT2D eigenvalue weighted by Gasteiger charge is -2.40. The van der Waals surface area contributed by atoms with Gasteiger partial charge in [-0.15, -0.1) is 0 Å². The maximum absolute atomic E-state index is 10.6. The summed E-state index contributed by atoms with van der Waals surface area (Å²) in [5, 5.41) is 18.4. The van der Waals surface area contributed by atoms with E-state index in [1.807, 2.05) is 12.3 Å². The summed E-state index contributed by atoms with van der Waals surface area (Å²) in [4.78, 5) is 11.7. The zero-order chi connectivity index (χ0) is 21.4. The van der Waals surface area contributed by atoms with Gasteiger partial charge in [-0.25, -0.2) is 9.97 Å². The van der Waals surface area contributed by atoms with Gasteiger partial charge in [0, 0.05) is 53.7 Å². The Kier molecular flexibility index (Phi) is 5.18. The molecule has 3 aromatic rings. The number of hydrogen-bond acceptors (Lipinski definition) is 6. The summed E-state index contributed by atoms with van der Waals surface area (Å²) in [5.41, 5.74) is 4.16. The molecule has 2 fully saturated rings. The number of nitrogens with one attached hydrogen (secondary N) is 2. The molecule has 0 unspecified atom stereocenters. The molecule has 2 heterocycles. The van der Waals surface area contributed by atoms with Crippen LogP contribution in [0.25, 0.3) is 10.9 Å². The third kappa shape index (κ3) is 4.17. The molecule has 2 aliphatic rings. The van der Waals surface area contributed by atoms with Gasteiger partial charge >= 0.3 is 0 Å². The van der Waals surface area contributed by atoms with Crippen molar-refractivity contribution < 1.29 is 5.11 Å². The van der Waals surface area contributed by atoms with Crippen molar-refractivity contribution in [3.8, 4) is 5.75 Å². The van der Waals surface area contributed by atoms with Crippen LogP contribution in [0, 0.1) is 0 Å². The van der Waals surface area contributed by atoms with Gasteiger partial charge in [-0.3, -0.25) is 0 Å². The van der Waals surface area contributed by atoms with E-state index in [2.05, 4.69) is 58.6 Å². The number of rotatable bonds is 4. The van der Waals surface area contributed by atoms with Crippen molar-refractivity contribution >= 4 is 28.2 Å². The fourth-order valence-corrected chi connectivity index (χ4v) is 5.03. The Bertz CT molecular complexity index is 1070. The molecule has 6 nitrogen and oxygen atoms in total. The Morgan fingerprint density at radius 1 is 1.10 bits per heavy atom. The third-order valence-corrected chi connectivity index (χ3v) is 6.59. The molecule has 3 N–H and O–H groups in total. The van der Waals surface area contributed by atoms with E-state index < -0.39 is 0 Å². The Morgan fingerprint density at radius 2 is 1.87 bits per heavy atom. The maximum atomic E-state index is 10.6. The molecule has 0 bridgehead atoms. The Balaban J connectivity index is 1.38. The molecule has 0 amide bonds. The zero-order valence-electron chi connectivity index (χ0n) is 18.4. The zero-order valence-corrected chi connectivity index (χ0v) is 18.4. The van der Waals surface area contributed by atoms with Gasteiger partial charge in [-0.1, -0.05) is 12.8 Å². The Morgan fingerprint density at radius 3 is 2.61 bits per heavy atom. The van der Waals surface area contributed by atoms with Crippen molar-refractivity contribution in [2.24, 2.45) is 0 Å². The van der Waals surface area contributed by atoms with Gasteiger partial charge in [0.2, 0.25) is 5.95 Å². The molecule has 1 aliphatic heterocycles. The molecule has 6 heteroatoms. The topological polar surface area (TPSA) is 73.3 Å². The van der Waals surface area contributed by atoms with Gasteiger partial charge < -0.3 is 20.6 Å². The van der Waals surface area contributed by atoms with Crippen LogP contribution in [-0.4, -0.2) is 40.2 Å². The monoisotopic (exact) mass is 417 g/mol. The average Bonchev–Trinajstić information content (AvgIpc) is 3.28. The highest BCUT2D eigenvalue weighted by atomic mass is 16.3. The van der Waals surface area contributed by atoms with E-state index in [4.69, 9.17) is 4.98 Å². The average molecular weight is 418 g/mol. The Labute approximate surface area is 183 Å². The molecule has 0 spiro atoms. The van der Waals surface area contributed by atoms with Crippen LogP contribution < -0.4 is 15.5 Å². The maximum Gasteiger partial charge on any atom is 0.227 e. The second-order valence-electron chi connectivity index (χ2n) is 9.52. The first-order valence-electron chi connectivity index (χ1n) is 11.3. The van der Waals surface area contributed by atoms with Crippen LogP contribution in [0.5, 0.6) is 5.75 Å². The first kappa shape index (κ1) is 20.1. The standard InChI is InChI=1S/C25H31N5O/c1-25(2)16-30(14-13-27-25)20-10-8-19(9-11-20)28-24-26-15-18-7-12-21(31)22(23(18)29-24)17-5-3-4-6-17/h7-12,15,17,27,31H,3-6,13-14,16H2,1-2H3,(H,26,28,29). The summed E-state index contributed by atoms with van der Waals surface area (Å²) in [6, 6.07) is 12.1. The van der Waals surface area contributed by atoms with Crippen molar-refractivity contribution in [3.05, 3.63) is 48.2 Å². The first-order valence-corrected chi connectivity index (χ1v) is 11.3. The van der Waals surface area contributed by atoms with Gasteiger partial charge in [-0.2, -0.15) is 0 Å². The summed E-state index contributed by atoms with van der Waals surface area (Å²) in [7, 11) is 0. The molecular formula is C25H31N5O. The van der Waals surface area contributed by atoms with Crippen LogP contribution >= 0.6 is 0 Å². The fourth-order valence-electron chi connectivity index (χ4n) is 5.03. The number of aromatic nitrogens is 2. The fraction of sp³-hybridized carbons (Fsp3) is 0.440. The summed E-state index contributed by atoms with van der Waals surface area (Å²) in [6.45, 7) is 7.47. The van der Waals surface area contributed by atoms with Gasteiger partial charge in [0.25, 0.3) is 0 Å². The normalized spacial score (nSPS) is 19.1. The number of hydrogen-bond donors (Lipinski definition) is 3. The second-order valence-corrected chi connectivity index (χ2v) is 9.52. The van der Waals surface area contributed by atoms with Gasteiger partial charge in [0.15, 0.2) is 0 Å². The molecule has 1 saturated carbocycles. The molecule has 0 radical (unpaired) electrons. The highest BCUT2D eigenvalue weighted by Crippen LogP contribution is 2.41. The lowest BCUT2D eigenvalue weighted by atomic mass is 9.94. The van der Waals surface area contributed by atoms with E-state index in [1.165, 1.54) is 18.5 Å². The summed E-state index contributed by atoms with van der Waals surface area (Å²) < 4.78 is 0. The first-order chi connectivity index (χ1) is 15.0. The summed E-state index contributed by atoms with van der Waals surface area (Å²) in [5.74, 6) is 1.30. The predicted molar refractivity (Wildman–Crippen MR) is 126 cm³/mol. The number of phenolic OH excluding ortho intramolecular Hbond substituents is 1. The summed E-state index contributed by atoms with van der Waals surface area (Å²) >= 11 is 0. The molecule has 31 heavy (non-hydrogen) atoms. The number of fused-ring (bicyclic) bond motifs is 1. The largest absolute Gasteiger partial charge is 0.508 e. The smallest absolute Gasteiger partial charge is 0.227 e. The Hall–Kier alpha value is -2.86. The van der Waals surface area contributed by atoms with Crippen molar-refractivity contribution in [2.45, 2.75) is 51.0 Å². The number of nitrogens with zero attached hydrogens (tertiary/aromatic N) is 3.